The van der Waals surface area contributed by atoms with Gasteiger partial charge in [-0.25, -0.2) is 0 Å². The van der Waals surface area contributed by atoms with Gasteiger partial charge in [0.05, 0.1) is 0 Å². The summed E-state index contributed by atoms with van der Waals surface area (Å²) < 4.78 is 0. The third-order valence-electron chi connectivity index (χ3n) is 4.43. The van der Waals surface area contributed by atoms with E-state index in [0.29, 0.717) is 0 Å². The Morgan fingerprint density at radius 3 is 1.65 bits per heavy atom. The van der Waals surface area contributed by atoms with Gasteiger partial charge in [-0.2, -0.15) is 0 Å². The van der Waals surface area contributed by atoms with Gasteiger partial charge in [-0.15, -0.1) is 6.42 Å². The fourth-order valence-corrected chi connectivity index (χ4v) is 2.85. The summed E-state index contributed by atoms with van der Waals surface area (Å²) in [4.78, 5) is 0. The van der Waals surface area contributed by atoms with Crippen LogP contribution in [0.1, 0.15) is 110 Å². The highest BCUT2D eigenvalue weighted by molar-refractivity contribution is 4.92. The summed E-state index contributed by atoms with van der Waals surface area (Å²) in [6.45, 7) is 2.27. The zero-order valence-electron chi connectivity index (χ0n) is 15.6. The van der Waals surface area contributed by atoms with E-state index in [9.17, 15) is 5.11 Å². The number of hydrogen-bond acceptors (Lipinski definition) is 1. The van der Waals surface area contributed by atoms with E-state index in [0.717, 1.165) is 12.8 Å². The first-order valence-corrected chi connectivity index (χ1v) is 10.1. The number of allylic oxidation sites excluding steroid dienone is 2. The van der Waals surface area contributed by atoms with Gasteiger partial charge in [0.15, 0.2) is 0 Å². The molecule has 134 valence electrons. The molecule has 0 aliphatic heterocycles. The summed E-state index contributed by atoms with van der Waals surface area (Å²) in [5.41, 5.74) is 0. The van der Waals surface area contributed by atoms with E-state index in [2.05, 4.69) is 25.0 Å². The minimum absolute atomic E-state index is 0.527. The maximum Gasteiger partial charge on any atom is 0.114 e. The number of aliphatic hydroxyl groups is 1. The Bertz CT molecular complexity index is 287. The first-order chi connectivity index (χ1) is 11.3. The topological polar surface area (TPSA) is 20.2 Å². The van der Waals surface area contributed by atoms with Crippen LogP contribution in [0, 0.1) is 12.3 Å². The van der Waals surface area contributed by atoms with Crippen molar-refractivity contribution in [2.75, 3.05) is 0 Å². The van der Waals surface area contributed by atoms with Crippen molar-refractivity contribution < 1.29 is 5.11 Å². The summed E-state index contributed by atoms with van der Waals surface area (Å²) in [7, 11) is 0. The average Bonchev–Trinajstić information content (AvgIpc) is 2.57. The maximum atomic E-state index is 9.24. The first-order valence-electron chi connectivity index (χ1n) is 10.1. The lowest BCUT2D eigenvalue weighted by molar-refractivity contribution is 0.217. The van der Waals surface area contributed by atoms with Crippen molar-refractivity contribution in [3.05, 3.63) is 12.2 Å². The van der Waals surface area contributed by atoms with Crippen LogP contribution in [0.4, 0.5) is 0 Å². The Kier molecular flexibility index (Phi) is 18.7. The predicted molar refractivity (Wildman–Crippen MR) is 104 cm³/mol. The quantitative estimate of drug-likeness (QED) is 0.177. The van der Waals surface area contributed by atoms with Gasteiger partial charge in [0.1, 0.15) is 6.10 Å². The molecule has 0 bridgehead atoms. The standard InChI is InChI=1S/C22H40O/c1-3-5-6-7-8-9-10-11-12-13-14-15-16-17-18-19-20-21-22(23)4-2/h2,9-10,22-23H,3,5-8,11-21H2,1H3/b10-9-/t22-/m0/s1. The molecule has 1 nitrogen and oxygen atoms in total. The molecule has 0 amide bonds. The average molecular weight is 321 g/mol. The molecular formula is C22H40O. The fraction of sp³-hybridized carbons (Fsp3) is 0.818. The zero-order valence-corrected chi connectivity index (χ0v) is 15.6. The highest BCUT2D eigenvalue weighted by Crippen LogP contribution is 2.12. The Morgan fingerprint density at radius 1 is 0.739 bits per heavy atom. The van der Waals surface area contributed by atoms with Crippen molar-refractivity contribution >= 4 is 0 Å². The van der Waals surface area contributed by atoms with Gasteiger partial charge in [-0.05, 0) is 38.5 Å². The Hall–Kier alpha value is -0.740. The van der Waals surface area contributed by atoms with Crippen molar-refractivity contribution in [3.63, 3.8) is 0 Å². The summed E-state index contributed by atoms with van der Waals surface area (Å²) in [5, 5.41) is 9.24. The van der Waals surface area contributed by atoms with Crippen LogP contribution in [-0.4, -0.2) is 11.2 Å². The van der Waals surface area contributed by atoms with Crippen LogP contribution >= 0.6 is 0 Å². The molecule has 0 unspecified atom stereocenters. The molecule has 0 aliphatic carbocycles. The van der Waals surface area contributed by atoms with Crippen LogP contribution in [0.3, 0.4) is 0 Å². The van der Waals surface area contributed by atoms with Crippen LogP contribution in [-0.2, 0) is 0 Å². The summed E-state index contributed by atoms with van der Waals surface area (Å²) in [5.74, 6) is 2.37. The van der Waals surface area contributed by atoms with Crippen LogP contribution in [0.15, 0.2) is 12.2 Å². The molecule has 0 aromatic carbocycles. The monoisotopic (exact) mass is 320 g/mol. The second-order valence-electron chi connectivity index (χ2n) is 6.76. The zero-order chi connectivity index (χ0) is 17.0. The molecule has 0 radical (unpaired) electrons. The van der Waals surface area contributed by atoms with Gasteiger partial charge >= 0.3 is 0 Å². The molecule has 0 saturated carbocycles. The third-order valence-corrected chi connectivity index (χ3v) is 4.43. The Morgan fingerprint density at radius 2 is 1.17 bits per heavy atom. The maximum absolute atomic E-state index is 9.24. The molecule has 23 heavy (non-hydrogen) atoms. The van der Waals surface area contributed by atoms with E-state index in [-0.39, 0.29) is 0 Å². The van der Waals surface area contributed by atoms with Gasteiger partial charge in [0.2, 0.25) is 0 Å². The number of rotatable bonds is 17. The first kappa shape index (κ1) is 22.3. The number of aliphatic hydroxyl groups excluding tert-OH is 1. The predicted octanol–water partition coefficient (Wildman–Crippen LogP) is 6.80. The molecule has 0 aromatic rings. The van der Waals surface area contributed by atoms with Crippen molar-refractivity contribution in [1.29, 1.82) is 0 Å². The highest BCUT2D eigenvalue weighted by Gasteiger charge is 1.98. The molecule has 0 aliphatic rings. The molecule has 0 spiro atoms. The fourth-order valence-electron chi connectivity index (χ4n) is 2.85. The lowest BCUT2D eigenvalue weighted by Gasteiger charge is -2.03. The Balaban J connectivity index is 3.08. The van der Waals surface area contributed by atoms with Gasteiger partial charge < -0.3 is 5.11 Å². The van der Waals surface area contributed by atoms with E-state index < -0.39 is 6.10 Å². The van der Waals surface area contributed by atoms with Crippen molar-refractivity contribution in [2.24, 2.45) is 0 Å². The van der Waals surface area contributed by atoms with Gasteiger partial charge in [-0.1, -0.05) is 89.2 Å². The largest absolute Gasteiger partial charge is 0.380 e. The van der Waals surface area contributed by atoms with Gasteiger partial charge in [0, 0.05) is 0 Å². The van der Waals surface area contributed by atoms with Gasteiger partial charge in [-0.3, -0.25) is 0 Å². The van der Waals surface area contributed by atoms with Crippen molar-refractivity contribution in [3.8, 4) is 12.3 Å². The molecule has 0 saturated heterocycles. The second-order valence-corrected chi connectivity index (χ2v) is 6.76. The normalized spacial score (nSPS) is 12.6. The minimum atomic E-state index is -0.527. The van der Waals surface area contributed by atoms with Crippen LogP contribution in [0.2, 0.25) is 0 Å². The van der Waals surface area contributed by atoms with Crippen molar-refractivity contribution in [2.45, 2.75) is 116 Å². The summed E-state index contributed by atoms with van der Waals surface area (Å²) >= 11 is 0. The second kappa shape index (κ2) is 19.3. The van der Waals surface area contributed by atoms with Crippen LogP contribution < -0.4 is 0 Å². The molecule has 0 rings (SSSR count). The van der Waals surface area contributed by atoms with Gasteiger partial charge in [0.25, 0.3) is 0 Å². The SMILES string of the molecule is C#C[C@H](O)CCCCCCCCCCC/C=C\CCCCCC. The molecule has 1 N–H and O–H groups in total. The minimum Gasteiger partial charge on any atom is -0.380 e. The lowest BCUT2D eigenvalue weighted by Crippen LogP contribution is -2.01. The van der Waals surface area contributed by atoms with E-state index in [1.165, 1.54) is 89.9 Å². The van der Waals surface area contributed by atoms with Crippen LogP contribution in [0.25, 0.3) is 0 Å². The van der Waals surface area contributed by atoms with Crippen molar-refractivity contribution in [1.82, 2.24) is 0 Å². The van der Waals surface area contributed by atoms with E-state index in [1.807, 2.05) is 0 Å². The Labute approximate surface area is 146 Å². The number of unbranched alkanes of at least 4 members (excludes halogenated alkanes) is 13. The lowest BCUT2D eigenvalue weighted by atomic mass is 10.0. The van der Waals surface area contributed by atoms with Crippen LogP contribution in [0.5, 0.6) is 0 Å². The molecular weight excluding hydrogens is 280 g/mol. The molecule has 1 heteroatoms. The van der Waals surface area contributed by atoms with E-state index >= 15 is 0 Å². The highest BCUT2D eigenvalue weighted by atomic mass is 16.3. The number of terminal acetylenes is 1. The summed E-state index contributed by atoms with van der Waals surface area (Å²) in [6, 6.07) is 0. The van der Waals surface area contributed by atoms with E-state index in [4.69, 9.17) is 6.42 Å². The molecule has 0 fully saturated rings. The molecule has 0 aromatic heterocycles. The number of hydrogen-bond donors (Lipinski definition) is 1. The smallest absolute Gasteiger partial charge is 0.114 e. The summed E-state index contributed by atoms with van der Waals surface area (Å²) in [6.07, 6.45) is 30.0. The molecule has 1 atom stereocenters. The third kappa shape index (κ3) is 19.2. The van der Waals surface area contributed by atoms with E-state index in [1.54, 1.807) is 0 Å². The molecule has 0 heterocycles.